The topological polar surface area (TPSA) is 23.8 Å². The fraction of sp³-hybridized carbons (Fsp3) is 0. The van der Waals surface area contributed by atoms with Crippen LogP contribution in [-0.4, -0.2) is 4.32 Å². The number of nitriles is 1. The molecule has 5 heavy (non-hydrogen) atoms. The fourth-order valence-electron chi connectivity index (χ4n) is 0. The third kappa shape index (κ3) is 3.87. The number of halogens is 1. The van der Waals surface area contributed by atoms with Crippen LogP contribution < -0.4 is 0 Å². The van der Waals surface area contributed by atoms with Gasteiger partial charge >= 0.3 is 0 Å². The molecule has 0 unspecified atom stereocenters. The van der Waals surface area contributed by atoms with Crippen molar-refractivity contribution in [3.05, 3.63) is 0 Å². The van der Waals surface area contributed by atoms with E-state index in [1.54, 1.807) is 0 Å². The molecule has 0 fully saturated rings. The summed E-state index contributed by atoms with van der Waals surface area (Å²) in [6.07, 6.45) is 0. The van der Waals surface area contributed by atoms with Gasteiger partial charge in [0.1, 0.15) is 6.07 Å². The molecule has 0 heterocycles. The zero-order chi connectivity index (χ0) is 4.28. The Kier molecular flexibility index (Phi) is 2.07. The first-order valence-corrected chi connectivity index (χ1v) is 1.65. The van der Waals surface area contributed by atoms with Gasteiger partial charge in [0, 0.05) is 0 Å². The van der Waals surface area contributed by atoms with Crippen LogP contribution in [0.3, 0.4) is 0 Å². The Morgan fingerprint density at radius 3 is 2.20 bits per heavy atom. The summed E-state index contributed by atoms with van der Waals surface area (Å²) >= 11 is 8.93. The van der Waals surface area contributed by atoms with Gasteiger partial charge in [-0.05, 0) is 0 Å². The first-order valence-electron chi connectivity index (χ1n) is 0.867. The SMILES string of the molecule is N#CC(=S)Cl. The Labute approximate surface area is 40.2 Å². The number of hydrogen-bond donors (Lipinski definition) is 0. The lowest BCUT2D eigenvalue weighted by molar-refractivity contribution is 1.56. The lowest BCUT2D eigenvalue weighted by atomic mass is 10.9. The van der Waals surface area contributed by atoms with Gasteiger partial charge in [0.2, 0.25) is 0 Å². The maximum absolute atomic E-state index is 7.62. The summed E-state index contributed by atoms with van der Waals surface area (Å²) in [4.78, 5) is 0. The molecule has 0 aromatic carbocycles. The molecule has 0 saturated heterocycles. The maximum atomic E-state index is 7.62. The number of thiocarbonyl (C=S) groups is 1. The minimum absolute atomic E-state index is 0.134. The molecule has 0 atom stereocenters. The zero-order valence-corrected chi connectivity index (χ0v) is 3.81. The van der Waals surface area contributed by atoms with Crippen LogP contribution in [0.5, 0.6) is 0 Å². The first kappa shape index (κ1) is 4.87. The Bertz CT molecular complexity index is 82.1. The van der Waals surface area contributed by atoms with Crippen molar-refractivity contribution < 1.29 is 0 Å². The number of nitrogens with zero attached hydrogens (tertiary/aromatic N) is 1. The lowest BCUT2D eigenvalue weighted by Gasteiger charge is -1.54. The Morgan fingerprint density at radius 1 is 2.00 bits per heavy atom. The lowest BCUT2D eigenvalue weighted by Crippen LogP contribution is -1.63. The van der Waals surface area contributed by atoms with Crippen molar-refractivity contribution in [3.63, 3.8) is 0 Å². The van der Waals surface area contributed by atoms with E-state index in [1.807, 2.05) is 0 Å². The van der Waals surface area contributed by atoms with Gasteiger partial charge in [0.05, 0.1) is 0 Å². The third-order valence-electron chi connectivity index (χ3n) is 0.0879. The van der Waals surface area contributed by atoms with Crippen molar-refractivity contribution in [2.45, 2.75) is 0 Å². The van der Waals surface area contributed by atoms with E-state index in [4.69, 9.17) is 16.9 Å². The quantitative estimate of drug-likeness (QED) is 0.340. The zero-order valence-electron chi connectivity index (χ0n) is 2.23. The minimum atomic E-state index is -0.134. The van der Waals surface area contributed by atoms with Gasteiger partial charge in [0.25, 0.3) is 0 Å². The summed E-state index contributed by atoms with van der Waals surface area (Å²) in [5, 5.41) is 7.62. The van der Waals surface area contributed by atoms with Crippen LogP contribution in [0, 0.1) is 11.3 Å². The van der Waals surface area contributed by atoms with E-state index in [9.17, 15) is 0 Å². The van der Waals surface area contributed by atoms with Gasteiger partial charge in [-0.25, -0.2) is 0 Å². The second-order valence-corrected chi connectivity index (χ2v) is 1.40. The average molecular weight is 106 g/mol. The molecule has 0 radical (unpaired) electrons. The van der Waals surface area contributed by atoms with Crippen LogP contribution in [0.15, 0.2) is 0 Å². The molecular weight excluding hydrogens is 106 g/mol. The van der Waals surface area contributed by atoms with E-state index < -0.39 is 0 Å². The molecule has 1 nitrogen and oxygen atoms in total. The molecule has 0 spiro atoms. The van der Waals surface area contributed by atoms with Gasteiger partial charge in [-0.2, -0.15) is 5.26 Å². The highest BCUT2D eigenvalue weighted by Gasteiger charge is 1.73. The van der Waals surface area contributed by atoms with Crippen LogP contribution >= 0.6 is 23.8 Å². The largest absolute Gasteiger partial charge is 0.191 e. The molecule has 0 rings (SSSR count). The predicted molar refractivity (Wildman–Crippen MR) is 24.1 cm³/mol. The van der Waals surface area contributed by atoms with Crippen molar-refractivity contribution >= 4 is 28.1 Å². The molecule has 3 heteroatoms. The van der Waals surface area contributed by atoms with E-state index in [1.165, 1.54) is 6.07 Å². The van der Waals surface area contributed by atoms with Crippen LogP contribution in [0.4, 0.5) is 0 Å². The van der Waals surface area contributed by atoms with E-state index in [0.717, 1.165) is 0 Å². The van der Waals surface area contributed by atoms with E-state index in [0.29, 0.717) is 0 Å². The number of hydrogen-bond acceptors (Lipinski definition) is 2. The molecule has 26 valence electrons. The van der Waals surface area contributed by atoms with Crippen LogP contribution in [0.1, 0.15) is 0 Å². The van der Waals surface area contributed by atoms with Gasteiger partial charge in [-0.3, -0.25) is 0 Å². The van der Waals surface area contributed by atoms with Crippen LogP contribution in [-0.2, 0) is 0 Å². The summed E-state index contributed by atoms with van der Waals surface area (Å²) in [5.41, 5.74) is 0. The van der Waals surface area contributed by atoms with Crippen LogP contribution in [0.25, 0.3) is 0 Å². The van der Waals surface area contributed by atoms with Crippen LogP contribution in [0.2, 0.25) is 0 Å². The molecule has 0 bridgehead atoms. The first-order chi connectivity index (χ1) is 2.27. The van der Waals surface area contributed by atoms with E-state index >= 15 is 0 Å². The normalized spacial score (nSPS) is 5.60. The van der Waals surface area contributed by atoms with Crippen molar-refractivity contribution in [1.82, 2.24) is 0 Å². The van der Waals surface area contributed by atoms with Gasteiger partial charge in [0.15, 0.2) is 4.32 Å². The average Bonchev–Trinajstić information content (AvgIpc) is 1.38. The molecular formula is C2ClNS. The monoisotopic (exact) mass is 105 g/mol. The molecule has 0 aromatic rings. The second-order valence-electron chi connectivity index (χ2n) is 0.386. The highest BCUT2D eigenvalue weighted by Crippen LogP contribution is 1.76. The summed E-state index contributed by atoms with van der Waals surface area (Å²) < 4.78 is -0.134. The highest BCUT2D eigenvalue weighted by atomic mass is 35.5. The fourth-order valence-corrected chi connectivity index (χ4v) is 0. The summed E-state index contributed by atoms with van der Waals surface area (Å²) in [5.74, 6) is 0. The summed E-state index contributed by atoms with van der Waals surface area (Å²) in [6, 6.07) is 1.52. The molecule has 0 N–H and O–H groups in total. The number of rotatable bonds is 0. The maximum Gasteiger partial charge on any atom is 0.180 e. The Hall–Kier alpha value is -0.130. The highest BCUT2D eigenvalue weighted by molar-refractivity contribution is 7.83. The van der Waals surface area contributed by atoms with Crippen molar-refractivity contribution in [1.29, 1.82) is 5.26 Å². The Balaban J connectivity index is 3.35. The van der Waals surface area contributed by atoms with Gasteiger partial charge < -0.3 is 0 Å². The van der Waals surface area contributed by atoms with Gasteiger partial charge in [-0.15, -0.1) is 0 Å². The smallest absolute Gasteiger partial charge is 0.180 e. The van der Waals surface area contributed by atoms with Crippen molar-refractivity contribution in [3.8, 4) is 6.07 Å². The molecule has 0 amide bonds. The molecule has 0 aliphatic heterocycles. The standard InChI is InChI=1S/C2ClNS/c3-2(5)1-4. The predicted octanol–water partition coefficient (Wildman–Crippen LogP) is 1.08. The molecule has 0 saturated carbocycles. The third-order valence-corrected chi connectivity index (χ3v) is 0.264. The summed E-state index contributed by atoms with van der Waals surface area (Å²) in [6.45, 7) is 0. The van der Waals surface area contributed by atoms with E-state index in [-0.39, 0.29) is 4.32 Å². The summed E-state index contributed by atoms with van der Waals surface area (Å²) in [7, 11) is 0. The molecule has 0 aromatic heterocycles. The second kappa shape index (κ2) is 2.13. The van der Waals surface area contributed by atoms with Crippen molar-refractivity contribution in [2.75, 3.05) is 0 Å². The minimum Gasteiger partial charge on any atom is -0.191 e. The van der Waals surface area contributed by atoms with Gasteiger partial charge in [-0.1, -0.05) is 23.8 Å². The molecule has 0 aliphatic carbocycles. The molecule has 0 aliphatic rings. The van der Waals surface area contributed by atoms with Crippen molar-refractivity contribution in [2.24, 2.45) is 0 Å². The van der Waals surface area contributed by atoms with E-state index in [2.05, 4.69) is 12.2 Å². The Morgan fingerprint density at radius 2 is 2.20 bits per heavy atom.